The quantitative estimate of drug-likeness (QED) is 0.569. The molecule has 5 rings (SSSR count). The maximum atomic E-state index is 13.5. The molecule has 3 aliphatic rings. The van der Waals surface area contributed by atoms with Gasteiger partial charge in [0.15, 0.2) is 11.5 Å². The van der Waals surface area contributed by atoms with E-state index in [0.29, 0.717) is 23.4 Å². The topological polar surface area (TPSA) is 92.4 Å². The second-order valence-corrected chi connectivity index (χ2v) is 8.94. The van der Waals surface area contributed by atoms with Crippen molar-refractivity contribution in [2.45, 2.75) is 19.5 Å². The Hall–Kier alpha value is -3.63. The molecule has 3 aliphatic heterocycles. The summed E-state index contributed by atoms with van der Waals surface area (Å²) in [7, 11) is 0. The van der Waals surface area contributed by atoms with Crippen LogP contribution >= 0.6 is 0 Å². The van der Waals surface area contributed by atoms with Crippen molar-refractivity contribution in [2.24, 2.45) is 0 Å². The van der Waals surface area contributed by atoms with Crippen molar-refractivity contribution in [2.75, 3.05) is 46.1 Å². The number of hydrogen-bond donors (Lipinski definition) is 2. The third kappa shape index (κ3) is 5.29. The third-order valence-corrected chi connectivity index (χ3v) is 6.54. The predicted molar refractivity (Wildman–Crippen MR) is 129 cm³/mol. The van der Waals surface area contributed by atoms with Gasteiger partial charge in [-0.3, -0.25) is 9.80 Å². The highest BCUT2D eigenvalue weighted by Gasteiger charge is 2.34. The number of carbonyl (C=O) groups excluding carboxylic acids is 2. The van der Waals surface area contributed by atoms with Gasteiger partial charge < -0.3 is 24.8 Å². The Kier molecular flexibility index (Phi) is 7.06. The van der Waals surface area contributed by atoms with Gasteiger partial charge in [0.25, 0.3) is 0 Å². The Balaban J connectivity index is 1.28. The number of urea groups is 1. The summed E-state index contributed by atoms with van der Waals surface area (Å²) in [5.41, 5.74) is 2.62. The minimum Gasteiger partial charge on any atom is -0.463 e. The van der Waals surface area contributed by atoms with E-state index in [1.165, 1.54) is 12.1 Å². The van der Waals surface area contributed by atoms with Crippen LogP contribution in [0.25, 0.3) is 0 Å². The van der Waals surface area contributed by atoms with Gasteiger partial charge in [-0.05, 0) is 42.3 Å². The molecule has 9 nitrogen and oxygen atoms in total. The van der Waals surface area contributed by atoms with Crippen LogP contribution in [0.5, 0.6) is 11.5 Å². The Bertz CT molecular complexity index is 1160. The van der Waals surface area contributed by atoms with Crippen LogP contribution in [0.4, 0.5) is 9.18 Å². The Morgan fingerprint density at radius 3 is 2.44 bits per heavy atom. The molecule has 2 amide bonds. The average molecular weight is 497 g/mol. The molecule has 36 heavy (non-hydrogen) atoms. The molecule has 0 unspecified atom stereocenters. The molecule has 2 aromatic rings. The summed E-state index contributed by atoms with van der Waals surface area (Å²) in [6.07, 6.45) is 0. The molecular weight excluding hydrogens is 467 g/mol. The van der Waals surface area contributed by atoms with Crippen LogP contribution in [0.3, 0.4) is 0 Å². The van der Waals surface area contributed by atoms with Gasteiger partial charge >= 0.3 is 12.0 Å². The SMILES string of the molecule is CCOC(=O)C1=C(CN2CCN(Cc3ccc4c(c3)OCO4)CC2)NC(=O)N[C@@H]1c1ccc(F)cc1. The molecule has 1 fully saturated rings. The van der Waals surface area contributed by atoms with Gasteiger partial charge in [0.2, 0.25) is 6.79 Å². The molecule has 190 valence electrons. The summed E-state index contributed by atoms with van der Waals surface area (Å²) in [5.74, 6) is 0.662. The second kappa shape index (κ2) is 10.5. The molecule has 0 spiro atoms. The van der Waals surface area contributed by atoms with Gasteiger partial charge in [0, 0.05) is 45.0 Å². The summed E-state index contributed by atoms with van der Waals surface area (Å²) in [6, 6.07) is 10.6. The zero-order chi connectivity index (χ0) is 25.1. The van der Waals surface area contributed by atoms with Gasteiger partial charge in [0.1, 0.15) is 5.82 Å². The lowest BCUT2D eigenvalue weighted by atomic mass is 9.95. The number of ether oxygens (including phenoxy) is 3. The zero-order valence-electron chi connectivity index (χ0n) is 20.1. The molecule has 1 atom stereocenters. The summed E-state index contributed by atoms with van der Waals surface area (Å²) >= 11 is 0. The van der Waals surface area contributed by atoms with Crippen LogP contribution in [0.1, 0.15) is 24.1 Å². The van der Waals surface area contributed by atoms with Crippen molar-refractivity contribution in [1.29, 1.82) is 0 Å². The third-order valence-electron chi connectivity index (χ3n) is 6.54. The largest absolute Gasteiger partial charge is 0.463 e. The van der Waals surface area contributed by atoms with Crippen molar-refractivity contribution < 1.29 is 28.2 Å². The van der Waals surface area contributed by atoms with Crippen LogP contribution in [-0.2, 0) is 16.1 Å². The highest BCUT2D eigenvalue weighted by molar-refractivity contribution is 5.95. The second-order valence-electron chi connectivity index (χ2n) is 8.94. The van der Waals surface area contributed by atoms with Gasteiger partial charge in [-0.25, -0.2) is 14.0 Å². The predicted octanol–water partition coefficient (Wildman–Crippen LogP) is 2.54. The van der Waals surface area contributed by atoms with Crippen LogP contribution < -0.4 is 20.1 Å². The molecule has 0 saturated carbocycles. The Morgan fingerprint density at radius 1 is 1.03 bits per heavy atom. The number of benzene rings is 2. The first kappa shape index (κ1) is 24.1. The molecule has 2 N–H and O–H groups in total. The minimum absolute atomic E-state index is 0.207. The number of hydrogen-bond acceptors (Lipinski definition) is 7. The first-order chi connectivity index (χ1) is 17.5. The number of fused-ring (bicyclic) bond motifs is 1. The molecule has 0 aliphatic carbocycles. The normalized spacial score (nSPS) is 20.2. The van der Waals surface area contributed by atoms with Gasteiger partial charge in [-0.15, -0.1) is 0 Å². The van der Waals surface area contributed by atoms with Crippen molar-refractivity contribution in [3.8, 4) is 11.5 Å². The van der Waals surface area contributed by atoms with Crippen LogP contribution in [0.15, 0.2) is 53.7 Å². The highest BCUT2D eigenvalue weighted by Crippen LogP contribution is 2.33. The fourth-order valence-electron chi connectivity index (χ4n) is 4.72. The number of halogens is 1. The van der Waals surface area contributed by atoms with Crippen LogP contribution in [0, 0.1) is 5.82 Å². The molecular formula is C26H29FN4O5. The van der Waals surface area contributed by atoms with Crippen molar-refractivity contribution in [3.05, 3.63) is 70.7 Å². The molecule has 10 heteroatoms. The molecule has 1 saturated heterocycles. The maximum Gasteiger partial charge on any atom is 0.338 e. The Labute approximate surface area is 208 Å². The maximum absolute atomic E-state index is 13.5. The lowest BCUT2D eigenvalue weighted by molar-refractivity contribution is -0.139. The average Bonchev–Trinajstić information content (AvgIpc) is 3.33. The van der Waals surface area contributed by atoms with Crippen LogP contribution in [0.2, 0.25) is 0 Å². The lowest BCUT2D eigenvalue weighted by Gasteiger charge is -2.37. The van der Waals surface area contributed by atoms with E-state index in [0.717, 1.165) is 49.8 Å². The number of nitrogens with one attached hydrogen (secondary N) is 2. The molecule has 0 bridgehead atoms. The molecule has 2 aromatic carbocycles. The van der Waals surface area contributed by atoms with Crippen molar-refractivity contribution in [3.63, 3.8) is 0 Å². The van der Waals surface area contributed by atoms with E-state index < -0.39 is 18.0 Å². The van der Waals surface area contributed by atoms with E-state index >= 15 is 0 Å². The standard InChI is InChI=1S/C26H29FN4O5/c1-2-34-25(32)23-20(28-26(33)29-24(23)18-4-6-19(27)7-5-18)15-31-11-9-30(10-12-31)14-17-3-8-21-22(13-17)36-16-35-21/h3-8,13,24H,2,9-12,14-16H2,1H3,(H2,28,29,33)/t24-/m1/s1. The smallest absolute Gasteiger partial charge is 0.338 e. The van der Waals surface area contributed by atoms with E-state index in [1.54, 1.807) is 19.1 Å². The summed E-state index contributed by atoms with van der Waals surface area (Å²) in [5, 5.41) is 5.60. The first-order valence-electron chi connectivity index (χ1n) is 12.1. The number of rotatable bonds is 7. The van der Waals surface area contributed by atoms with Gasteiger partial charge in [-0.1, -0.05) is 18.2 Å². The molecule has 0 aromatic heterocycles. The number of piperazine rings is 1. The summed E-state index contributed by atoms with van der Waals surface area (Å²) in [4.78, 5) is 30.0. The number of amides is 2. The first-order valence-corrected chi connectivity index (χ1v) is 12.1. The van der Waals surface area contributed by atoms with E-state index in [2.05, 4.69) is 26.5 Å². The van der Waals surface area contributed by atoms with Crippen molar-refractivity contribution in [1.82, 2.24) is 20.4 Å². The van der Waals surface area contributed by atoms with E-state index in [9.17, 15) is 14.0 Å². The van der Waals surface area contributed by atoms with E-state index in [-0.39, 0.29) is 19.2 Å². The van der Waals surface area contributed by atoms with Gasteiger partial charge in [0.05, 0.1) is 18.2 Å². The number of carbonyl (C=O) groups is 2. The number of esters is 1. The lowest BCUT2D eigenvalue weighted by Crippen LogP contribution is -2.51. The van der Waals surface area contributed by atoms with E-state index in [1.807, 2.05) is 12.1 Å². The molecule has 3 heterocycles. The number of nitrogens with zero attached hydrogens (tertiary/aromatic N) is 2. The Morgan fingerprint density at radius 2 is 1.72 bits per heavy atom. The summed E-state index contributed by atoms with van der Waals surface area (Å²) < 4.78 is 29.7. The zero-order valence-corrected chi connectivity index (χ0v) is 20.1. The minimum atomic E-state index is -0.722. The fraction of sp³-hybridized carbons (Fsp3) is 0.385. The summed E-state index contributed by atoms with van der Waals surface area (Å²) in [6.45, 7) is 6.62. The van der Waals surface area contributed by atoms with Crippen LogP contribution in [-0.4, -0.2) is 67.9 Å². The monoisotopic (exact) mass is 496 g/mol. The van der Waals surface area contributed by atoms with Crippen molar-refractivity contribution >= 4 is 12.0 Å². The fourth-order valence-corrected chi connectivity index (χ4v) is 4.72. The van der Waals surface area contributed by atoms with Gasteiger partial charge in [-0.2, -0.15) is 0 Å². The van der Waals surface area contributed by atoms with E-state index in [4.69, 9.17) is 14.2 Å². The highest BCUT2D eigenvalue weighted by atomic mass is 19.1. The molecule has 0 radical (unpaired) electrons.